The number of nitrogens with zero attached hydrogens (tertiary/aromatic N) is 2. The molecular formula is C9H9IN2. The van der Waals surface area contributed by atoms with Gasteiger partial charge in [-0.15, -0.1) is 0 Å². The van der Waals surface area contributed by atoms with Gasteiger partial charge in [0.05, 0.1) is 11.8 Å². The molecule has 1 aromatic carbocycles. The number of benzene rings is 1. The Bertz CT molecular complexity index is 304. The normalized spacial score (nSPS) is 9.08. The van der Waals surface area contributed by atoms with E-state index < -0.39 is 0 Å². The topological polar surface area (TPSA) is 27.0 Å². The van der Waals surface area contributed by atoms with Gasteiger partial charge < -0.3 is 4.90 Å². The molecule has 0 atom stereocenters. The number of para-hydroxylation sites is 1. The van der Waals surface area contributed by atoms with Crippen LogP contribution in [0.25, 0.3) is 0 Å². The molecule has 0 heterocycles. The SMILES string of the molecule is CN(CC#N)c1ccccc1I. The van der Waals surface area contributed by atoms with Crippen LogP contribution in [-0.2, 0) is 0 Å². The van der Waals surface area contributed by atoms with Crippen LogP contribution in [0.3, 0.4) is 0 Å². The van der Waals surface area contributed by atoms with Gasteiger partial charge in [-0.25, -0.2) is 0 Å². The molecule has 1 rings (SSSR count). The minimum Gasteiger partial charge on any atom is -0.360 e. The molecule has 0 spiro atoms. The Morgan fingerprint density at radius 3 is 2.75 bits per heavy atom. The lowest BCUT2D eigenvalue weighted by atomic mass is 10.3. The van der Waals surface area contributed by atoms with Gasteiger partial charge in [0.1, 0.15) is 6.54 Å². The van der Waals surface area contributed by atoms with Crippen molar-refractivity contribution < 1.29 is 0 Å². The Balaban J connectivity index is 2.88. The van der Waals surface area contributed by atoms with Crippen molar-refractivity contribution in [2.75, 3.05) is 18.5 Å². The van der Waals surface area contributed by atoms with Gasteiger partial charge in [0, 0.05) is 10.6 Å². The second kappa shape index (κ2) is 4.31. The zero-order chi connectivity index (χ0) is 8.97. The van der Waals surface area contributed by atoms with Crippen molar-refractivity contribution in [2.24, 2.45) is 0 Å². The molecule has 62 valence electrons. The Morgan fingerprint density at radius 1 is 1.50 bits per heavy atom. The average molecular weight is 272 g/mol. The van der Waals surface area contributed by atoms with Gasteiger partial charge in [0.2, 0.25) is 0 Å². The van der Waals surface area contributed by atoms with Crippen LogP contribution in [0.2, 0.25) is 0 Å². The second-order valence-electron chi connectivity index (χ2n) is 2.47. The third-order valence-electron chi connectivity index (χ3n) is 1.57. The molecule has 0 saturated heterocycles. The molecule has 3 heteroatoms. The summed E-state index contributed by atoms with van der Waals surface area (Å²) in [7, 11) is 1.92. The summed E-state index contributed by atoms with van der Waals surface area (Å²) in [5.41, 5.74) is 1.11. The van der Waals surface area contributed by atoms with Crippen molar-refractivity contribution in [3.8, 4) is 6.07 Å². The number of rotatable bonds is 2. The van der Waals surface area contributed by atoms with Crippen LogP contribution in [0.1, 0.15) is 0 Å². The van der Waals surface area contributed by atoms with E-state index in [0.717, 1.165) is 5.69 Å². The molecule has 0 aliphatic rings. The van der Waals surface area contributed by atoms with E-state index in [1.165, 1.54) is 3.57 Å². The van der Waals surface area contributed by atoms with E-state index in [0.29, 0.717) is 6.54 Å². The summed E-state index contributed by atoms with van der Waals surface area (Å²) in [4.78, 5) is 1.93. The third kappa shape index (κ3) is 2.11. The summed E-state index contributed by atoms with van der Waals surface area (Å²) < 4.78 is 1.17. The molecule has 0 aliphatic carbocycles. The van der Waals surface area contributed by atoms with Gasteiger partial charge in [0.25, 0.3) is 0 Å². The summed E-state index contributed by atoms with van der Waals surface area (Å²) in [6.45, 7) is 0.431. The van der Waals surface area contributed by atoms with Crippen molar-refractivity contribution in [1.82, 2.24) is 0 Å². The zero-order valence-corrected chi connectivity index (χ0v) is 8.95. The minimum absolute atomic E-state index is 0.431. The van der Waals surface area contributed by atoms with Gasteiger partial charge >= 0.3 is 0 Å². The molecule has 0 amide bonds. The molecule has 1 aromatic rings. The first-order valence-corrected chi connectivity index (χ1v) is 4.66. The van der Waals surface area contributed by atoms with Crippen LogP contribution in [0.5, 0.6) is 0 Å². The van der Waals surface area contributed by atoms with Crippen LogP contribution >= 0.6 is 22.6 Å². The number of nitriles is 1. The van der Waals surface area contributed by atoms with E-state index in [4.69, 9.17) is 5.26 Å². The highest BCUT2D eigenvalue weighted by molar-refractivity contribution is 14.1. The fourth-order valence-corrected chi connectivity index (χ4v) is 1.75. The monoisotopic (exact) mass is 272 g/mol. The van der Waals surface area contributed by atoms with Crippen molar-refractivity contribution in [3.05, 3.63) is 27.8 Å². The van der Waals surface area contributed by atoms with Crippen molar-refractivity contribution in [3.63, 3.8) is 0 Å². The van der Waals surface area contributed by atoms with Gasteiger partial charge in [-0.3, -0.25) is 0 Å². The highest BCUT2D eigenvalue weighted by Crippen LogP contribution is 2.19. The first-order valence-electron chi connectivity index (χ1n) is 3.58. The summed E-state index contributed by atoms with van der Waals surface area (Å²) in [6.07, 6.45) is 0. The van der Waals surface area contributed by atoms with Crippen molar-refractivity contribution in [1.29, 1.82) is 5.26 Å². The predicted octanol–water partition coefficient (Wildman–Crippen LogP) is 2.25. The smallest absolute Gasteiger partial charge is 0.105 e. The maximum absolute atomic E-state index is 8.49. The standard InChI is InChI=1S/C9H9IN2/c1-12(7-6-11)9-5-3-2-4-8(9)10/h2-5H,7H2,1H3. The third-order valence-corrected chi connectivity index (χ3v) is 2.48. The highest BCUT2D eigenvalue weighted by atomic mass is 127. The number of anilines is 1. The minimum atomic E-state index is 0.431. The summed E-state index contributed by atoms with van der Waals surface area (Å²) in [5.74, 6) is 0. The lowest BCUT2D eigenvalue weighted by Crippen LogP contribution is -2.17. The first kappa shape index (κ1) is 9.33. The zero-order valence-electron chi connectivity index (χ0n) is 6.79. The van der Waals surface area contributed by atoms with Crippen LogP contribution in [0.4, 0.5) is 5.69 Å². The maximum Gasteiger partial charge on any atom is 0.105 e. The molecule has 0 aliphatic heterocycles. The van der Waals surface area contributed by atoms with Crippen molar-refractivity contribution in [2.45, 2.75) is 0 Å². The largest absolute Gasteiger partial charge is 0.360 e. The van der Waals surface area contributed by atoms with E-state index in [1.54, 1.807) is 0 Å². The van der Waals surface area contributed by atoms with Gasteiger partial charge in [-0.1, -0.05) is 12.1 Å². The fraction of sp³-hybridized carbons (Fsp3) is 0.222. The lowest BCUT2D eigenvalue weighted by Gasteiger charge is -2.16. The van der Waals surface area contributed by atoms with Crippen LogP contribution in [0.15, 0.2) is 24.3 Å². The summed E-state index contributed by atoms with van der Waals surface area (Å²) in [6, 6.07) is 10.1. The molecule has 0 N–H and O–H groups in total. The number of hydrogen-bond donors (Lipinski definition) is 0. The molecule has 12 heavy (non-hydrogen) atoms. The molecular weight excluding hydrogens is 263 g/mol. The molecule has 0 aromatic heterocycles. The molecule has 0 bridgehead atoms. The summed E-state index contributed by atoms with van der Waals surface area (Å²) in [5, 5.41) is 8.49. The Kier molecular flexibility index (Phi) is 3.35. The average Bonchev–Trinajstić information content (AvgIpc) is 2.05. The Hall–Kier alpha value is -0.760. The van der Waals surface area contributed by atoms with Crippen LogP contribution < -0.4 is 4.90 Å². The highest BCUT2D eigenvalue weighted by Gasteiger charge is 2.02. The summed E-state index contributed by atoms with van der Waals surface area (Å²) >= 11 is 2.26. The Labute approximate surface area is 85.9 Å². The second-order valence-corrected chi connectivity index (χ2v) is 3.63. The van der Waals surface area contributed by atoms with Crippen LogP contribution in [0, 0.1) is 14.9 Å². The maximum atomic E-state index is 8.49. The number of halogens is 1. The van der Waals surface area contributed by atoms with E-state index in [2.05, 4.69) is 28.7 Å². The van der Waals surface area contributed by atoms with Gasteiger partial charge in [-0.2, -0.15) is 5.26 Å². The molecule has 0 radical (unpaired) electrons. The fourth-order valence-electron chi connectivity index (χ4n) is 0.953. The van der Waals surface area contributed by atoms with Crippen LogP contribution in [-0.4, -0.2) is 13.6 Å². The number of hydrogen-bond acceptors (Lipinski definition) is 2. The van der Waals surface area contributed by atoms with E-state index in [9.17, 15) is 0 Å². The van der Waals surface area contributed by atoms with E-state index in [1.807, 2.05) is 36.2 Å². The predicted molar refractivity (Wildman–Crippen MR) is 58.0 cm³/mol. The lowest BCUT2D eigenvalue weighted by molar-refractivity contribution is 1.03. The molecule has 0 unspecified atom stereocenters. The van der Waals surface area contributed by atoms with Gasteiger partial charge in [-0.05, 0) is 34.7 Å². The molecule has 2 nitrogen and oxygen atoms in total. The van der Waals surface area contributed by atoms with Gasteiger partial charge in [0.15, 0.2) is 0 Å². The van der Waals surface area contributed by atoms with E-state index >= 15 is 0 Å². The molecule has 0 fully saturated rings. The van der Waals surface area contributed by atoms with Crippen molar-refractivity contribution >= 4 is 28.3 Å². The van der Waals surface area contributed by atoms with E-state index in [-0.39, 0.29) is 0 Å². The first-order chi connectivity index (χ1) is 5.75. The molecule has 0 saturated carbocycles. The Morgan fingerprint density at radius 2 is 2.17 bits per heavy atom. The quantitative estimate of drug-likeness (QED) is 0.610.